The normalized spacial score (nSPS) is 41.0. The van der Waals surface area contributed by atoms with Crippen LogP contribution in [0.4, 0.5) is 0 Å². The first-order chi connectivity index (χ1) is 9.28. The lowest BCUT2D eigenvalue weighted by molar-refractivity contribution is 0.0820. The number of nitrogens with one attached hydrogen (secondary N) is 1. The van der Waals surface area contributed by atoms with Crippen LogP contribution in [-0.2, 0) is 0 Å². The van der Waals surface area contributed by atoms with Gasteiger partial charge in [0.05, 0.1) is 0 Å². The monoisotopic (exact) mass is 319 g/mol. The van der Waals surface area contributed by atoms with Crippen LogP contribution in [0, 0.1) is 17.3 Å². The summed E-state index contributed by atoms with van der Waals surface area (Å²) in [5.41, 5.74) is 2.19. The standard InChI is InChI=1S/C17H22BrN/c18-15-5-2-13(3-6-15)16-11-19-8-7-17(16)10-12-1-4-14(17)9-12/h2-3,5-6,12,14,16,19H,1,4,7-11H2. The van der Waals surface area contributed by atoms with Gasteiger partial charge in [0.25, 0.3) is 0 Å². The van der Waals surface area contributed by atoms with Gasteiger partial charge in [0.15, 0.2) is 0 Å². The Kier molecular flexibility index (Phi) is 3.00. The molecule has 1 saturated heterocycles. The maximum atomic E-state index is 3.65. The zero-order valence-corrected chi connectivity index (χ0v) is 13.0. The number of rotatable bonds is 1. The van der Waals surface area contributed by atoms with Crippen molar-refractivity contribution in [2.45, 2.75) is 38.0 Å². The fourth-order valence-corrected chi connectivity index (χ4v) is 5.57. The van der Waals surface area contributed by atoms with Crippen molar-refractivity contribution in [3.63, 3.8) is 0 Å². The molecule has 1 heterocycles. The fraction of sp³-hybridized carbons (Fsp3) is 0.647. The molecule has 2 aliphatic carbocycles. The predicted molar refractivity (Wildman–Crippen MR) is 82.3 cm³/mol. The Morgan fingerprint density at radius 3 is 2.68 bits per heavy atom. The molecule has 1 nitrogen and oxygen atoms in total. The number of piperidine rings is 1. The Hall–Kier alpha value is -0.340. The average Bonchev–Trinajstić information content (AvgIpc) is 3.01. The van der Waals surface area contributed by atoms with E-state index in [0.717, 1.165) is 17.8 Å². The molecule has 0 aromatic heterocycles. The third-order valence-electron chi connectivity index (χ3n) is 6.11. The van der Waals surface area contributed by atoms with Gasteiger partial charge in [-0.2, -0.15) is 0 Å². The van der Waals surface area contributed by atoms with Crippen molar-refractivity contribution < 1.29 is 0 Å². The summed E-state index contributed by atoms with van der Waals surface area (Å²) in [5.74, 6) is 2.79. The van der Waals surface area contributed by atoms with E-state index in [4.69, 9.17) is 0 Å². The molecule has 3 aliphatic rings. The molecule has 1 aromatic rings. The Labute approximate surface area is 124 Å². The molecule has 19 heavy (non-hydrogen) atoms. The van der Waals surface area contributed by atoms with Gasteiger partial charge in [0.2, 0.25) is 0 Å². The second-order valence-electron chi connectivity index (χ2n) is 6.87. The fourth-order valence-electron chi connectivity index (χ4n) is 5.31. The topological polar surface area (TPSA) is 12.0 Å². The van der Waals surface area contributed by atoms with Gasteiger partial charge in [-0.3, -0.25) is 0 Å². The maximum Gasteiger partial charge on any atom is 0.0175 e. The number of hydrogen-bond donors (Lipinski definition) is 1. The van der Waals surface area contributed by atoms with Crippen molar-refractivity contribution in [1.82, 2.24) is 5.32 Å². The quantitative estimate of drug-likeness (QED) is 0.812. The highest BCUT2D eigenvalue weighted by atomic mass is 79.9. The summed E-state index contributed by atoms with van der Waals surface area (Å²) < 4.78 is 1.20. The number of benzene rings is 1. The second kappa shape index (κ2) is 4.60. The summed E-state index contributed by atoms with van der Waals surface area (Å²) in [5, 5.41) is 3.65. The molecular formula is C17H22BrN. The van der Waals surface area contributed by atoms with Crippen LogP contribution in [0.25, 0.3) is 0 Å². The number of fused-ring (bicyclic) bond motifs is 3. The van der Waals surface area contributed by atoms with Gasteiger partial charge in [-0.05, 0) is 67.2 Å². The highest BCUT2D eigenvalue weighted by Gasteiger charge is 2.55. The van der Waals surface area contributed by atoms with Gasteiger partial charge in [0, 0.05) is 16.9 Å². The van der Waals surface area contributed by atoms with Gasteiger partial charge < -0.3 is 5.32 Å². The molecule has 4 rings (SSSR count). The molecule has 0 radical (unpaired) electrons. The SMILES string of the molecule is Brc1ccc(C2CNCCC23CC2CCC3C2)cc1. The van der Waals surface area contributed by atoms with E-state index in [0.29, 0.717) is 5.41 Å². The summed E-state index contributed by atoms with van der Waals surface area (Å²) in [6, 6.07) is 9.11. The minimum Gasteiger partial charge on any atom is -0.316 e. The molecule has 102 valence electrons. The molecule has 2 saturated carbocycles. The van der Waals surface area contributed by atoms with Crippen LogP contribution in [0.2, 0.25) is 0 Å². The smallest absolute Gasteiger partial charge is 0.0175 e. The van der Waals surface area contributed by atoms with E-state index in [-0.39, 0.29) is 0 Å². The van der Waals surface area contributed by atoms with E-state index in [9.17, 15) is 0 Å². The van der Waals surface area contributed by atoms with Crippen molar-refractivity contribution in [2.24, 2.45) is 17.3 Å². The third kappa shape index (κ3) is 1.91. The van der Waals surface area contributed by atoms with Crippen LogP contribution in [0.1, 0.15) is 43.6 Å². The Morgan fingerprint density at radius 1 is 1.16 bits per heavy atom. The Bertz CT molecular complexity index is 469. The van der Waals surface area contributed by atoms with Crippen LogP contribution in [-0.4, -0.2) is 13.1 Å². The van der Waals surface area contributed by atoms with Gasteiger partial charge in [-0.1, -0.05) is 34.5 Å². The van der Waals surface area contributed by atoms with E-state index >= 15 is 0 Å². The minimum absolute atomic E-state index is 0.627. The highest BCUT2D eigenvalue weighted by Crippen LogP contribution is 2.63. The summed E-state index contributed by atoms with van der Waals surface area (Å²) in [7, 11) is 0. The highest BCUT2D eigenvalue weighted by molar-refractivity contribution is 9.10. The van der Waals surface area contributed by atoms with E-state index < -0.39 is 0 Å². The Morgan fingerprint density at radius 2 is 2.00 bits per heavy atom. The second-order valence-corrected chi connectivity index (χ2v) is 7.79. The first-order valence-corrected chi connectivity index (χ1v) is 8.53. The lowest BCUT2D eigenvalue weighted by Crippen LogP contribution is -2.46. The van der Waals surface area contributed by atoms with Crippen LogP contribution < -0.4 is 5.32 Å². The zero-order chi connectivity index (χ0) is 12.9. The van der Waals surface area contributed by atoms with Crippen molar-refractivity contribution >= 4 is 15.9 Å². The summed E-state index contributed by atoms with van der Waals surface area (Å²) in [4.78, 5) is 0. The lowest BCUT2D eigenvalue weighted by Gasteiger charge is -2.48. The molecule has 1 spiro atoms. The predicted octanol–water partition coefficient (Wildman–Crippen LogP) is 4.33. The van der Waals surface area contributed by atoms with Gasteiger partial charge in [0.1, 0.15) is 0 Å². The lowest BCUT2D eigenvalue weighted by atomic mass is 9.60. The van der Waals surface area contributed by atoms with Crippen LogP contribution in [0.15, 0.2) is 28.7 Å². The van der Waals surface area contributed by atoms with Crippen LogP contribution in [0.3, 0.4) is 0 Å². The van der Waals surface area contributed by atoms with Crippen LogP contribution in [0.5, 0.6) is 0 Å². The average molecular weight is 320 g/mol. The zero-order valence-electron chi connectivity index (χ0n) is 11.4. The summed E-state index contributed by atoms with van der Waals surface area (Å²) >= 11 is 3.56. The summed E-state index contributed by atoms with van der Waals surface area (Å²) in [6.45, 7) is 2.42. The van der Waals surface area contributed by atoms with E-state index in [1.54, 1.807) is 5.56 Å². The van der Waals surface area contributed by atoms with E-state index in [1.165, 1.54) is 49.7 Å². The molecule has 0 amide bonds. The molecule has 2 heteroatoms. The number of hydrogen-bond acceptors (Lipinski definition) is 1. The van der Waals surface area contributed by atoms with Gasteiger partial charge in [-0.15, -0.1) is 0 Å². The van der Waals surface area contributed by atoms with Crippen molar-refractivity contribution in [3.05, 3.63) is 34.3 Å². The van der Waals surface area contributed by atoms with Crippen molar-refractivity contribution in [3.8, 4) is 0 Å². The first kappa shape index (κ1) is 12.4. The van der Waals surface area contributed by atoms with E-state index in [1.807, 2.05) is 0 Å². The molecular weight excluding hydrogens is 298 g/mol. The third-order valence-corrected chi connectivity index (χ3v) is 6.63. The van der Waals surface area contributed by atoms with Gasteiger partial charge in [-0.25, -0.2) is 0 Å². The molecule has 4 unspecified atom stereocenters. The molecule has 4 atom stereocenters. The molecule has 3 fully saturated rings. The van der Waals surface area contributed by atoms with Crippen molar-refractivity contribution in [2.75, 3.05) is 13.1 Å². The minimum atomic E-state index is 0.627. The summed E-state index contributed by atoms with van der Waals surface area (Å²) in [6.07, 6.45) is 7.42. The van der Waals surface area contributed by atoms with Crippen molar-refractivity contribution in [1.29, 1.82) is 0 Å². The van der Waals surface area contributed by atoms with Crippen LogP contribution >= 0.6 is 15.9 Å². The van der Waals surface area contributed by atoms with Gasteiger partial charge >= 0.3 is 0 Å². The Balaban J connectivity index is 1.70. The maximum absolute atomic E-state index is 3.65. The molecule has 1 N–H and O–H groups in total. The molecule has 1 aromatic carbocycles. The number of halogens is 1. The molecule has 2 bridgehead atoms. The molecule has 1 aliphatic heterocycles. The van der Waals surface area contributed by atoms with E-state index in [2.05, 4.69) is 45.5 Å². The first-order valence-electron chi connectivity index (χ1n) is 7.74. The largest absolute Gasteiger partial charge is 0.316 e.